The van der Waals surface area contributed by atoms with Crippen LogP contribution in [0.1, 0.15) is 50.0 Å². The zero-order valence-electron chi connectivity index (χ0n) is 10.1. The van der Waals surface area contributed by atoms with E-state index >= 15 is 0 Å². The molecule has 0 fully saturated rings. The van der Waals surface area contributed by atoms with E-state index in [-0.39, 0.29) is 5.69 Å². The van der Waals surface area contributed by atoms with Crippen LogP contribution in [0.3, 0.4) is 0 Å². The second-order valence-electron chi connectivity index (χ2n) is 4.02. The molecule has 0 radical (unpaired) electrons. The number of rotatable bonds is 6. The first-order valence-corrected chi connectivity index (χ1v) is 5.78. The predicted octanol–water partition coefficient (Wildman–Crippen LogP) is 4.30. The van der Waals surface area contributed by atoms with E-state index in [1.807, 2.05) is 0 Å². The highest BCUT2D eigenvalue weighted by atomic mass is 19.4. The third-order valence-corrected chi connectivity index (χ3v) is 2.76. The smallest absolute Gasteiger partial charge is 0.375 e. The molecule has 1 aromatic heterocycles. The highest BCUT2D eigenvalue weighted by Crippen LogP contribution is 2.36. The number of aromatic amines is 1. The van der Waals surface area contributed by atoms with Crippen molar-refractivity contribution in [3.05, 3.63) is 23.5 Å². The summed E-state index contributed by atoms with van der Waals surface area (Å²) in [7, 11) is 1.44. The summed E-state index contributed by atoms with van der Waals surface area (Å²) in [5.74, 6) is 0. The molecule has 1 N–H and O–H groups in total. The van der Waals surface area contributed by atoms with Crippen molar-refractivity contribution >= 4 is 0 Å². The molecule has 0 aromatic carbocycles. The molecule has 0 amide bonds. The Morgan fingerprint density at radius 3 is 2.59 bits per heavy atom. The van der Waals surface area contributed by atoms with Gasteiger partial charge in [-0.25, -0.2) is 0 Å². The van der Waals surface area contributed by atoms with Crippen molar-refractivity contribution in [2.45, 2.75) is 44.9 Å². The maximum Gasteiger partial charge on any atom is 0.418 e. The maximum atomic E-state index is 12.7. The summed E-state index contributed by atoms with van der Waals surface area (Å²) >= 11 is 0. The SMILES string of the molecule is CCCCCC(OC)c1[nH]ccc1C(F)(F)F. The molecular formula is C12H18F3NO. The normalized spacial score (nSPS) is 13.9. The molecule has 0 spiro atoms. The van der Waals surface area contributed by atoms with Crippen molar-refractivity contribution in [1.82, 2.24) is 4.98 Å². The van der Waals surface area contributed by atoms with Crippen LogP contribution >= 0.6 is 0 Å². The highest BCUT2D eigenvalue weighted by Gasteiger charge is 2.36. The molecule has 17 heavy (non-hydrogen) atoms. The summed E-state index contributed by atoms with van der Waals surface area (Å²) in [5, 5.41) is 0. The van der Waals surface area contributed by atoms with Crippen molar-refractivity contribution in [2.75, 3.05) is 7.11 Å². The Balaban J connectivity index is 2.78. The summed E-state index contributed by atoms with van der Waals surface area (Å²) in [5.41, 5.74) is -0.489. The van der Waals surface area contributed by atoms with E-state index in [1.54, 1.807) is 0 Å². The van der Waals surface area contributed by atoms with Crippen LogP contribution in [-0.2, 0) is 10.9 Å². The fraction of sp³-hybridized carbons (Fsp3) is 0.667. The van der Waals surface area contributed by atoms with Gasteiger partial charge in [-0.1, -0.05) is 26.2 Å². The second-order valence-corrected chi connectivity index (χ2v) is 4.02. The van der Waals surface area contributed by atoms with Crippen LogP contribution in [0, 0.1) is 0 Å². The van der Waals surface area contributed by atoms with E-state index in [1.165, 1.54) is 13.3 Å². The number of alkyl halides is 3. The Bertz CT molecular complexity index is 333. The average molecular weight is 249 g/mol. The summed E-state index contributed by atoms with van der Waals surface area (Å²) in [6, 6.07) is 1.06. The van der Waals surface area contributed by atoms with E-state index in [0.29, 0.717) is 6.42 Å². The monoisotopic (exact) mass is 249 g/mol. The van der Waals surface area contributed by atoms with Crippen molar-refractivity contribution in [3.8, 4) is 0 Å². The molecular weight excluding hydrogens is 231 g/mol. The van der Waals surface area contributed by atoms with E-state index in [9.17, 15) is 13.2 Å². The summed E-state index contributed by atoms with van der Waals surface area (Å²) in [4.78, 5) is 2.65. The minimum Gasteiger partial charge on any atom is -0.375 e. The molecule has 98 valence electrons. The van der Waals surface area contributed by atoms with Crippen molar-refractivity contribution in [1.29, 1.82) is 0 Å². The first kappa shape index (κ1) is 14.1. The van der Waals surface area contributed by atoms with E-state index in [4.69, 9.17) is 4.74 Å². The number of unbranched alkanes of at least 4 members (excludes halogenated alkanes) is 2. The van der Waals surface area contributed by atoms with Crippen LogP contribution in [0.15, 0.2) is 12.3 Å². The van der Waals surface area contributed by atoms with Crippen molar-refractivity contribution in [3.63, 3.8) is 0 Å². The zero-order chi connectivity index (χ0) is 12.9. The van der Waals surface area contributed by atoms with Gasteiger partial charge < -0.3 is 9.72 Å². The van der Waals surface area contributed by atoms with Gasteiger partial charge in [0.2, 0.25) is 0 Å². The summed E-state index contributed by atoms with van der Waals surface area (Å²) in [6.45, 7) is 2.05. The molecule has 0 aliphatic heterocycles. The number of hydrogen-bond donors (Lipinski definition) is 1. The molecule has 1 rings (SSSR count). The number of methoxy groups -OCH3 is 1. The molecule has 0 saturated heterocycles. The predicted molar refractivity (Wildman–Crippen MR) is 59.7 cm³/mol. The van der Waals surface area contributed by atoms with Crippen LogP contribution in [0.2, 0.25) is 0 Å². The second kappa shape index (κ2) is 6.10. The topological polar surface area (TPSA) is 25.0 Å². The van der Waals surface area contributed by atoms with Gasteiger partial charge in [0.25, 0.3) is 0 Å². The molecule has 5 heteroatoms. The van der Waals surface area contributed by atoms with E-state index in [0.717, 1.165) is 25.3 Å². The first-order chi connectivity index (χ1) is 8.00. The number of nitrogens with one attached hydrogen (secondary N) is 1. The number of aromatic nitrogens is 1. The molecule has 0 aliphatic rings. The van der Waals surface area contributed by atoms with Crippen molar-refractivity contribution in [2.24, 2.45) is 0 Å². The zero-order valence-corrected chi connectivity index (χ0v) is 10.1. The molecule has 0 aliphatic carbocycles. The van der Waals surface area contributed by atoms with Crippen LogP contribution < -0.4 is 0 Å². The van der Waals surface area contributed by atoms with E-state index < -0.39 is 17.8 Å². The van der Waals surface area contributed by atoms with Gasteiger partial charge in [0.05, 0.1) is 17.4 Å². The fourth-order valence-corrected chi connectivity index (χ4v) is 1.86. The lowest BCUT2D eigenvalue weighted by Crippen LogP contribution is -2.12. The van der Waals surface area contributed by atoms with Gasteiger partial charge >= 0.3 is 6.18 Å². The molecule has 1 aromatic rings. The molecule has 1 atom stereocenters. The lowest BCUT2D eigenvalue weighted by atomic mass is 10.0. The Morgan fingerprint density at radius 1 is 1.35 bits per heavy atom. The van der Waals surface area contributed by atoms with Crippen LogP contribution in [0.25, 0.3) is 0 Å². The van der Waals surface area contributed by atoms with Gasteiger partial charge in [0.1, 0.15) is 0 Å². The van der Waals surface area contributed by atoms with Gasteiger partial charge in [-0.3, -0.25) is 0 Å². The number of halogens is 3. The Hall–Kier alpha value is -0.970. The molecule has 2 nitrogen and oxygen atoms in total. The Morgan fingerprint density at radius 2 is 2.06 bits per heavy atom. The van der Waals surface area contributed by atoms with Gasteiger partial charge in [0, 0.05) is 13.3 Å². The van der Waals surface area contributed by atoms with Gasteiger partial charge in [0.15, 0.2) is 0 Å². The van der Waals surface area contributed by atoms with Gasteiger partial charge in [-0.2, -0.15) is 13.2 Å². The number of H-pyrrole nitrogens is 1. The molecule has 1 heterocycles. The van der Waals surface area contributed by atoms with Gasteiger partial charge in [-0.15, -0.1) is 0 Å². The summed E-state index contributed by atoms with van der Waals surface area (Å²) in [6.07, 6.45) is -0.0110. The Labute approximate surface area is 99.2 Å². The number of hydrogen-bond acceptors (Lipinski definition) is 1. The highest BCUT2D eigenvalue weighted by molar-refractivity contribution is 5.25. The third kappa shape index (κ3) is 3.77. The minimum absolute atomic E-state index is 0.135. The fourth-order valence-electron chi connectivity index (χ4n) is 1.86. The lowest BCUT2D eigenvalue weighted by molar-refractivity contribution is -0.139. The van der Waals surface area contributed by atoms with Gasteiger partial charge in [-0.05, 0) is 12.5 Å². The summed E-state index contributed by atoms with van der Waals surface area (Å²) < 4.78 is 43.2. The van der Waals surface area contributed by atoms with Crippen LogP contribution in [0.5, 0.6) is 0 Å². The molecule has 0 bridgehead atoms. The maximum absolute atomic E-state index is 12.7. The van der Waals surface area contributed by atoms with Crippen LogP contribution in [-0.4, -0.2) is 12.1 Å². The minimum atomic E-state index is -4.32. The third-order valence-electron chi connectivity index (χ3n) is 2.76. The molecule has 1 unspecified atom stereocenters. The standard InChI is InChI=1S/C12H18F3NO/c1-3-4-5-6-10(17-2)11-9(7-8-16-11)12(13,14)15/h7-8,10,16H,3-6H2,1-2H3. The quantitative estimate of drug-likeness (QED) is 0.747. The number of ether oxygens (including phenoxy) is 1. The average Bonchev–Trinajstić information content (AvgIpc) is 2.73. The van der Waals surface area contributed by atoms with E-state index in [2.05, 4.69) is 11.9 Å². The largest absolute Gasteiger partial charge is 0.418 e. The van der Waals surface area contributed by atoms with Crippen LogP contribution in [0.4, 0.5) is 13.2 Å². The first-order valence-electron chi connectivity index (χ1n) is 5.78. The van der Waals surface area contributed by atoms with Crippen molar-refractivity contribution < 1.29 is 17.9 Å². The molecule has 0 saturated carbocycles. The Kier molecular flexibility index (Phi) is 5.05. The lowest BCUT2D eigenvalue weighted by Gasteiger charge is -2.17.